The lowest BCUT2D eigenvalue weighted by molar-refractivity contribution is -0.116. The number of hydrogen-bond donors (Lipinski definition) is 1. The van der Waals surface area contributed by atoms with Crippen LogP contribution in [0, 0.1) is 11.6 Å². The third-order valence-corrected chi connectivity index (χ3v) is 5.63. The van der Waals surface area contributed by atoms with Gasteiger partial charge in [0.2, 0.25) is 15.9 Å². The zero-order valence-electron chi connectivity index (χ0n) is 13.0. The van der Waals surface area contributed by atoms with E-state index in [1.807, 2.05) is 0 Å². The lowest BCUT2D eigenvalue weighted by Crippen LogP contribution is -2.29. The first-order chi connectivity index (χ1) is 12.2. The summed E-state index contributed by atoms with van der Waals surface area (Å²) in [4.78, 5) is 24.0. The van der Waals surface area contributed by atoms with Gasteiger partial charge in [-0.2, -0.15) is 0 Å². The molecule has 2 amide bonds. The second-order valence-electron chi connectivity index (χ2n) is 5.50. The summed E-state index contributed by atoms with van der Waals surface area (Å²) >= 11 is 6.03. The van der Waals surface area contributed by atoms with Crippen molar-refractivity contribution < 1.29 is 26.8 Å². The summed E-state index contributed by atoms with van der Waals surface area (Å²) < 4.78 is 50.8. The molecule has 1 aliphatic rings. The van der Waals surface area contributed by atoms with Crippen molar-refractivity contribution >= 4 is 44.8 Å². The van der Waals surface area contributed by atoms with Crippen LogP contribution in [0.15, 0.2) is 36.4 Å². The van der Waals surface area contributed by atoms with Gasteiger partial charge in [-0.05, 0) is 30.3 Å². The number of rotatable bonds is 3. The summed E-state index contributed by atoms with van der Waals surface area (Å²) in [7, 11) is -3.76. The molecule has 0 atom stereocenters. The summed E-state index contributed by atoms with van der Waals surface area (Å²) in [6.45, 7) is 0. The zero-order valence-corrected chi connectivity index (χ0v) is 14.6. The molecule has 0 radical (unpaired) electrons. The normalized spacial score (nSPS) is 16.0. The van der Waals surface area contributed by atoms with Gasteiger partial charge in [-0.15, -0.1) is 0 Å². The van der Waals surface area contributed by atoms with Gasteiger partial charge in [-0.25, -0.2) is 21.5 Å². The Morgan fingerprint density at radius 1 is 1.12 bits per heavy atom. The first kappa shape index (κ1) is 18.3. The van der Waals surface area contributed by atoms with Crippen molar-refractivity contribution in [3.05, 3.63) is 58.6 Å². The molecule has 0 unspecified atom stereocenters. The molecule has 0 spiro atoms. The van der Waals surface area contributed by atoms with Crippen LogP contribution in [0.2, 0.25) is 5.02 Å². The standard InChI is InChI=1S/C16H11ClF2N2O4S/c17-14-8-12(21-15(22)3-4-26(21,24)25)1-2-13(14)16(23)20-11-6-9(18)5-10(19)7-11/h1-2,5-8H,3-4H2,(H,20,23). The van der Waals surface area contributed by atoms with Crippen LogP contribution >= 0.6 is 11.6 Å². The predicted octanol–water partition coefficient (Wildman–Crippen LogP) is 2.94. The molecular formula is C16H11ClF2N2O4S. The van der Waals surface area contributed by atoms with Gasteiger partial charge in [0.05, 0.1) is 22.0 Å². The summed E-state index contributed by atoms with van der Waals surface area (Å²) in [5.41, 5.74) is -0.139. The molecule has 0 bridgehead atoms. The molecule has 2 aromatic carbocycles. The number of halogens is 3. The number of nitrogens with one attached hydrogen (secondary N) is 1. The van der Waals surface area contributed by atoms with Crippen molar-refractivity contribution in [2.45, 2.75) is 6.42 Å². The molecule has 1 saturated heterocycles. The van der Waals surface area contributed by atoms with E-state index in [0.717, 1.165) is 12.1 Å². The van der Waals surface area contributed by atoms with Crippen molar-refractivity contribution in [1.29, 1.82) is 0 Å². The largest absolute Gasteiger partial charge is 0.322 e. The Morgan fingerprint density at radius 2 is 1.77 bits per heavy atom. The van der Waals surface area contributed by atoms with Crippen molar-refractivity contribution in [3.8, 4) is 0 Å². The summed E-state index contributed by atoms with van der Waals surface area (Å²) in [6.07, 6.45) is -0.132. The Bertz CT molecular complexity index is 1010. The SMILES string of the molecule is O=C(Nc1cc(F)cc(F)c1)c1ccc(N2C(=O)CCS2(=O)=O)cc1Cl. The quantitative estimate of drug-likeness (QED) is 0.858. The summed E-state index contributed by atoms with van der Waals surface area (Å²) in [5, 5.41) is 2.17. The molecule has 0 aromatic heterocycles. The van der Waals surface area contributed by atoms with E-state index >= 15 is 0 Å². The molecule has 0 saturated carbocycles. The Hall–Kier alpha value is -2.52. The van der Waals surface area contributed by atoms with Gasteiger partial charge in [0.15, 0.2) is 0 Å². The molecule has 10 heteroatoms. The van der Waals surface area contributed by atoms with Gasteiger partial charge in [0.1, 0.15) is 11.6 Å². The second-order valence-corrected chi connectivity index (χ2v) is 7.84. The van der Waals surface area contributed by atoms with Crippen molar-refractivity contribution in [2.24, 2.45) is 0 Å². The fraction of sp³-hybridized carbons (Fsp3) is 0.125. The van der Waals surface area contributed by atoms with Gasteiger partial charge in [0, 0.05) is 18.2 Å². The van der Waals surface area contributed by atoms with Gasteiger partial charge < -0.3 is 5.32 Å². The molecule has 136 valence electrons. The molecule has 1 fully saturated rings. The van der Waals surface area contributed by atoms with Crippen LogP contribution in [0.5, 0.6) is 0 Å². The number of benzene rings is 2. The number of amides is 2. The molecule has 6 nitrogen and oxygen atoms in total. The molecule has 26 heavy (non-hydrogen) atoms. The van der Waals surface area contributed by atoms with Crippen LogP contribution in [-0.2, 0) is 14.8 Å². The molecule has 1 heterocycles. The first-order valence-corrected chi connectivity index (χ1v) is 9.29. The third kappa shape index (κ3) is 3.54. The predicted molar refractivity (Wildman–Crippen MR) is 91.7 cm³/mol. The monoisotopic (exact) mass is 400 g/mol. The van der Waals surface area contributed by atoms with Crippen molar-refractivity contribution in [2.75, 3.05) is 15.4 Å². The van der Waals surface area contributed by atoms with E-state index < -0.39 is 33.5 Å². The Labute approximate surface area is 152 Å². The fourth-order valence-electron chi connectivity index (χ4n) is 2.51. The van der Waals surface area contributed by atoms with Crippen LogP contribution in [0.4, 0.5) is 20.2 Å². The van der Waals surface area contributed by atoms with Crippen LogP contribution in [0.25, 0.3) is 0 Å². The van der Waals surface area contributed by atoms with Gasteiger partial charge in [0.25, 0.3) is 5.91 Å². The summed E-state index contributed by atoms with van der Waals surface area (Å²) in [5.74, 6) is -3.36. The number of carbonyl (C=O) groups is 2. The van der Waals surface area contributed by atoms with Gasteiger partial charge in [-0.1, -0.05) is 11.6 Å². The number of nitrogens with zero attached hydrogens (tertiary/aromatic N) is 1. The Balaban J connectivity index is 1.88. The fourth-order valence-corrected chi connectivity index (χ4v) is 4.22. The number of hydrogen-bond acceptors (Lipinski definition) is 4. The van der Waals surface area contributed by atoms with E-state index in [1.54, 1.807) is 0 Å². The summed E-state index contributed by atoms with van der Waals surface area (Å²) in [6, 6.07) is 6.17. The lowest BCUT2D eigenvalue weighted by Gasteiger charge is -2.16. The molecule has 2 aromatic rings. The maximum absolute atomic E-state index is 13.2. The molecule has 1 N–H and O–H groups in total. The maximum atomic E-state index is 13.2. The minimum Gasteiger partial charge on any atom is -0.322 e. The minimum atomic E-state index is -3.76. The number of sulfonamides is 1. The average Bonchev–Trinajstić information content (AvgIpc) is 2.79. The zero-order chi connectivity index (χ0) is 19.1. The number of anilines is 2. The first-order valence-electron chi connectivity index (χ1n) is 7.30. The van der Waals surface area contributed by atoms with Crippen LogP contribution in [0.3, 0.4) is 0 Å². The van der Waals surface area contributed by atoms with Crippen molar-refractivity contribution in [1.82, 2.24) is 0 Å². The highest BCUT2D eigenvalue weighted by molar-refractivity contribution is 7.94. The van der Waals surface area contributed by atoms with Crippen LogP contribution < -0.4 is 9.62 Å². The van der Waals surface area contributed by atoms with Gasteiger partial charge >= 0.3 is 0 Å². The Kier molecular flexibility index (Phi) is 4.68. The van der Waals surface area contributed by atoms with Crippen molar-refractivity contribution in [3.63, 3.8) is 0 Å². The third-order valence-electron chi connectivity index (χ3n) is 3.63. The van der Waals surface area contributed by atoms with E-state index in [0.29, 0.717) is 10.4 Å². The molecular weight excluding hydrogens is 390 g/mol. The van der Waals surface area contributed by atoms with E-state index in [-0.39, 0.29) is 34.1 Å². The van der Waals surface area contributed by atoms with E-state index in [9.17, 15) is 26.8 Å². The second kappa shape index (κ2) is 6.65. The average molecular weight is 401 g/mol. The van der Waals surface area contributed by atoms with Crippen LogP contribution in [0.1, 0.15) is 16.8 Å². The van der Waals surface area contributed by atoms with E-state index in [4.69, 9.17) is 11.6 Å². The Morgan fingerprint density at radius 3 is 2.31 bits per heavy atom. The maximum Gasteiger partial charge on any atom is 0.257 e. The number of carbonyl (C=O) groups excluding carboxylic acids is 2. The van der Waals surface area contributed by atoms with Crippen LogP contribution in [-0.4, -0.2) is 26.0 Å². The minimum absolute atomic E-state index is 0.0193. The smallest absolute Gasteiger partial charge is 0.257 e. The topological polar surface area (TPSA) is 83.6 Å². The highest BCUT2D eigenvalue weighted by Gasteiger charge is 2.36. The van der Waals surface area contributed by atoms with E-state index in [2.05, 4.69) is 5.32 Å². The van der Waals surface area contributed by atoms with E-state index in [1.165, 1.54) is 18.2 Å². The lowest BCUT2D eigenvalue weighted by atomic mass is 10.1. The van der Waals surface area contributed by atoms with Gasteiger partial charge in [-0.3, -0.25) is 9.59 Å². The molecule has 1 aliphatic heterocycles. The molecule has 0 aliphatic carbocycles. The highest BCUT2D eigenvalue weighted by atomic mass is 35.5. The molecule has 3 rings (SSSR count). The highest BCUT2D eigenvalue weighted by Crippen LogP contribution is 2.30.